The van der Waals surface area contributed by atoms with E-state index < -0.39 is 5.60 Å². The fourth-order valence-electron chi connectivity index (χ4n) is 2.75. The van der Waals surface area contributed by atoms with E-state index in [1.54, 1.807) is 32.9 Å². The molecule has 0 amide bonds. The molecule has 12 heteroatoms. The normalized spacial score (nSPS) is 11.6. The van der Waals surface area contributed by atoms with E-state index in [-0.39, 0.29) is 80.8 Å². The third kappa shape index (κ3) is 44.2. The molecule has 0 bridgehead atoms. The van der Waals surface area contributed by atoms with E-state index >= 15 is 0 Å². The van der Waals surface area contributed by atoms with Crippen LogP contribution in [-0.4, -0.2) is 56.2 Å². The molecule has 0 saturated heterocycles. The molecule has 2 atom stereocenters. The van der Waals surface area contributed by atoms with Crippen molar-refractivity contribution in [3.8, 4) is 0 Å². The van der Waals surface area contributed by atoms with E-state index in [9.17, 15) is 14.2 Å². The largest absolute Gasteiger partial charge is 1.00 e. The number of nitrogens with zero attached hydrogens (tertiary/aromatic N) is 1. The van der Waals surface area contributed by atoms with E-state index in [2.05, 4.69) is 22.2 Å². The topological polar surface area (TPSA) is 109 Å². The third-order valence-electron chi connectivity index (χ3n) is 4.65. The van der Waals surface area contributed by atoms with Crippen LogP contribution in [0.3, 0.4) is 0 Å². The van der Waals surface area contributed by atoms with E-state index in [1.165, 1.54) is 11.1 Å². The van der Waals surface area contributed by atoms with Crippen LogP contribution in [0.1, 0.15) is 73.4 Å². The van der Waals surface area contributed by atoms with Crippen LogP contribution in [0.15, 0.2) is 60.7 Å². The summed E-state index contributed by atoms with van der Waals surface area (Å²) in [6, 6.07) is 20.6. The summed E-state index contributed by atoms with van der Waals surface area (Å²) in [6.07, 6.45) is 1.74. The molecule has 0 radical (unpaired) electrons. The van der Waals surface area contributed by atoms with Gasteiger partial charge in [0.05, 0.1) is 0 Å². The smallest absolute Gasteiger partial charge is 0.850 e. The average Bonchev–Trinajstić information content (AvgIpc) is 2.94. The van der Waals surface area contributed by atoms with Gasteiger partial charge in [-0.25, -0.2) is 18.4 Å². The number of likely N-dealkylation sites (N-methyl/N-ethyl adjacent to an activating group) is 1. The molecule has 2 aromatic rings. The summed E-state index contributed by atoms with van der Waals surface area (Å²) in [5, 5.41) is 11.7. The minimum Gasteiger partial charge on any atom is -0.850 e. The van der Waals surface area contributed by atoms with E-state index in [4.69, 9.17) is 14.1 Å². The van der Waals surface area contributed by atoms with E-state index in [0.29, 0.717) is 0 Å². The van der Waals surface area contributed by atoms with Crippen LogP contribution in [0, 0.1) is 0 Å². The molecule has 43 heavy (non-hydrogen) atoms. The van der Waals surface area contributed by atoms with Crippen LogP contribution in [-0.2, 0) is 40.7 Å². The van der Waals surface area contributed by atoms with Gasteiger partial charge in [0.1, 0.15) is 0 Å². The van der Waals surface area contributed by atoms with Gasteiger partial charge >= 0.3 is 68.8 Å². The fraction of sp³-hybridized carbons (Fsp3) is 0.613. The molecule has 0 spiro atoms. The first-order chi connectivity index (χ1) is 19.9. The summed E-state index contributed by atoms with van der Waals surface area (Å²) >= 11 is 0. The molecule has 2 rings (SSSR count). The minimum atomic E-state index is -0.750. The first kappa shape index (κ1) is 49.9. The number of hydroxylamine groups is 3. The summed E-state index contributed by atoms with van der Waals surface area (Å²) in [5.74, 6) is 0. The van der Waals surface area contributed by atoms with Gasteiger partial charge in [-0.2, -0.15) is 10.5 Å². The summed E-state index contributed by atoms with van der Waals surface area (Å²) in [5.41, 5.74) is 4.38. The van der Waals surface area contributed by atoms with Crippen LogP contribution in [0.4, 0.5) is 0 Å². The second-order valence-electron chi connectivity index (χ2n) is 9.79. The van der Waals surface area contributed by atoms with Crippen molar-refractivity contribution in [3.63, 3.8) is 0 Å². The van der Waals surface area contributed by atoms with Gasteiger partial charge in [-0.1, -0.05) is 81.4 Å². The molecule has 0 aliphatic rings. The van der Waals surface area contributed by atoms with Gasteiger partial charge < -0.3 is 14.6 Å². The molecule has 242 valence electrons. The second kappa shape index (κ2) is 36.5. The summed E-state index contributed by atoms with van der Waals surface area (Å²) < 4.78 is 39.2. The number of hydrogen-bond acceptors (Lipinski definition) is 9. The number of nitrogens with one attached hydrogen (secondary N) is 1. The van der Waals surface area contributed by atoms with Gasteiger partial charge in [-0.3, -0.25) is 0 Å². The van der Waals surface area contributed by atoms with E-state index in [1.807, 2.05) is 90.1 Å². The van der Waals surface area contributed by atoms with Crippen LogP contribution < -0.4 is 62.0 Å². The maximum Gasteiger partial charge on any atom is 1.00 e. The van der Waals surface area contributed by atoms with Crippen molar-refractivity contribution in [1.82, 2.24) is 10.5 Å². The number of hydrogen-bond donors (Lipinski definition) is 1. The molecule has 0 aromatic heterocycles. The molecule has 0 fully saturated rings. The van der Waals surface area contributed by atoms with Crippen LogP contribution >= 0.6 is 17.4 Å². The number of benzene rings is 2. The third-order valence-corrected chi connectivity index (χ3v) is 5.15. The average molecular weight is 669 g/mol. The second-order valence-corrected chi connectivity index (χ2v) is 10.4. The molecule has 1 N–H and O–H groups in total. The maximum absolute atomic E-state index is 10.2. The Bertz CT molecular complexity index is 820. The quantitative estimate of drug-likeness (QED) is 0.179. The molecule has 0 heterocycles. The molecular formula is C31H55KN2O7P2. The molecule has 9 nitrogen and oxygen atoms in total. The van der Waals surface area contributed by atoms with Crippen LogP contribution in [0.25, 0.3) is 0 Å². The van der Waals surface area contributed by atoms with E-state index in [0.717, 1.165) is 39.3 Å². The van der Waals surface area contributed by atoms with Gasteiger partial charge in [-0.15, -0.1) is 5.60 Å². The van der Waals surface area contributed by atoms with Crippen molar-refractivity contribution in [2.24, 2.45) is 0 Å². The van der Waals surface area contributed by atoms with Gasteiger partial charge in [0.15, 0.2) is 0 Å². The van der Waals surface area contributed by atoms with Crippen LogP contribution in [0.2, 0.25) is 0 Å². The molecule has 0 aliphatic carbocycles. The van der Waals surface area contributed by atoms with Crippen molar-refractivity contribution in [3.05, 3.63) is 71.8 Å². The Balaban J connectivity index is -0.000000240. The molecule has 0 unspecified atom stereocenters. The molecule has 0 aliphatic heterocycles. The molecular weight excluding hydrogens is 613 g/mol. The zero-order valence-corrected chi connectivity index (χ0v) is 33.3. The predicted molar refractivity (Wildman–Crippen MR) is 172 cm³/mol. The summed E-state index contributed by atoms with van der Waals surface area (Å²) in [4.78, 5) is 0. The Morgan fingerprint density at radius 2 is 1.14 bits per heavy atom. The molecule has 0 saturated carbocycles. The predicted octanol–water partition coefficient (Wildman–Crippen LogP) is 4.27. The van der Waals surface area contributed by atoms with Gasteiger partial charge in [0.2, 0.25) is 0 Å². The monoisotopic (exact) mass is 668 g/mol. The Hall–Kier alpha value is -0.00364. The van der Waals surface area contributed by atoms with Crippen molar-refractivity contribution in [1.29, 1.82) is 0 Å². The fourth-order valence-corrected chi connectivity index (χ4v) is 3.23. The van der Waals surface area contributed by atoms with Crippen molar-refractivity contribution >= 4 is 17.4 Å². The van der Waals surface area contributed by atoms with Gasteiger partial charge in [0, 0.05) is 45.6 Å². The number of ether oxygens (including phenoxy) is 2. The Morgan fingerprint density at radius 3 is 1.44 bits per heavy atom. The summed E-state index contributed by atoms with van der Waals surface area (Å²) in [7, 11) is 1.14. The summed E-state index contributed by atoms with van der Waals surface area (Å²) in [6.45, 7) is 20.2. The van der Waals surface area contributed by atoms with Crippen LogP contribution in [0.5, 0.6) is 0 Å². The standard InChI is InChI=1S/C10H14NO2P.C9H12NO2P.C4H9O.2C4H10O.K/c1-9(11(2)13-14-12)8-10-6-4-3-5-7-10;1-8(10-12-13-11)7-9-5-3-2-4-6-9;1-4(2,3)5;2*1-3-5-4-2;/h3-7,9H,8H2,1-2H3;2-6,8,10H,7H2,1H3;1-3H3;2*3-4H2,1-2H3;/q;;-1;;;+1/t9-;8-;;;;/m00..../s1. The Morgan fingerprint density at radius 1 is 0.767 bits per heavy atom. The SMILES string of the molecule is CC(C)(C)[O-].CCOCC.CCOCC.C[C@@H](Cc1ccccc1)N(C)OP=O.C[C@@H](Cc1ccccc1)NOP=O.[K+]. The maximum atomic E-state index is 10.2. The van der Waals surface area contributed by atoms with Crippen molar-refractivity contribution < 1.29 is 84.3 Å². The zero-order valence-electron chi connectivity index (χ0n) is 28.4. The van der Waals surface area contributed by atoms with Crippen molar-refractivity contribution in [2.75, 3.05) is 33.5 Å². The Kier molecular flexibility index (Phi) is 42.3. The Labute approximate surface area is 307 Å². The first-order valence-corrected chi connectivity index (χ1v) is 15.8. The minimum absolute atomic E-state index is 0. The van der Waals surface area contributed by atoms with Gasteiger partial charge in [0.25, 0.3) is 0 Å². The van der Waals surface area contributed by atoms with Gasteiger partial charge in [-0.05, 0) is 65.5 Å². The zero-order chi connectivity index (χ0) is 32.7. The molecule has 2 aromatic carbocycles. The van der Waals surface area contributed by atoms with Crippen molar-refractivity contribution in [2.45, 2.75) is 92.8 Å². The number of rotatable bonds is 14. The first-order valence-electron chi connectivity index (χ1n) is 14.3.